The van der Waals surface area contributed by atoms with Crippen LogP contribution in [0.15, 0.2) is 66.7 Å². The second-order valence-corrected chi connectivity index (χ2v) is 13.4. The van der Waals surface area contributed by atoms with Crippen LogP contribution in [0.1, 0.15) is 124 Å². The van der Waals surface area contributed by atoms with E-state index in [-0.39, 0.29) is 0 Å². The summed E-state index contributed by atoms with van der Waals surface area (Å²) < 4.78 is 0. The van der Waals surface area contributed by atoms with Crippen molar-refractivity contribution in [2.24, 2.45) is 0 Å². The summed E-state index contributed by atoms with van der Waals surface area (Å²) in [7, 11) is 0. The summed E-state index contributed by atoms with van der Waals surface area (Å²) in [6.45, 7) is 22.8. The lowest BCUT2D eigenvalue weighted by Crippen LogP contribution is -2.26. The third-order valence-corrected chi connectivity index (χ3v) is 9.42. The van der Waals surface area contributed by atoms with Gasteiger partial charge in [-0.05, 0) is 118 Å². The van der Waals surface area contributed by atoms with Gasteiger partial charge < -0.3 is 19.6 Å². The minimum absolute atomic E-state index is 1.13. The number of hydrogen-bond donors (Lipinski definition) is 0. The van der Waals surface area contributed by atoms with Crippen LogP contribution < -0.4 is 19.6 Å². The number of rotatable bonds is 24. The maximum atomic E-state index is 2.60. The van der Waals surface area contributed by atoms with E-state index in [9.17, 15) is 0 Å². The van der Waals surface area contributed by atoms with E-state index >= 15 is 0 Å². The van der Waals surface area contributed by atoms with E-state index in [0.717, 1.165) is 39.3 Å². The lowest BCUT2D eigenvalue weighted by Gasteiger charge is -2.31. The summed E-state index contributed by atoms with van der Waals surface area (Å²) in [6.07, 6.45) is 14.7. The average Bonchev–Trinajstić information content (AvgIpc) is 3.10. The second-order valence-electron chi connectivity index (χ2n) is 13.4. The Balaban J connectivity index is 2.04. The Kier molecular flexibility index (Phi) is 17.7. The summed E-state index contributed by atoms with van der Waals surface area (Å²) in [5.74, 6) is 0. The fraction of sp³-hybridized carbons (Fsp3) is 0.581. The van der Waals surface area contributed by atoms with E-state index in [2.05, 4.69) is 135 Å². The van der Waals surface area contributed by atoms with Gasteiger partial charge in [0.05, 0.1) is 0 Å². The fourth-order valence-electron chi connectivity index (χ4n) is 6.34. The van der Waals surface area contributed by atoms with Crippen LogP contribution in [0.5, 0.6) is 0 Å². The third kappa shape index (κ3) is 11.8. The molecule has 0 aromatic heterocycles. The van der Waals surface area contributed by atoms with Gasteiger partial charge in [-0.3, -0.25) is 0 Å². The van der Waals surface area contributed by atoms with Crippen molar-refractivity contribution in [3.05, 3.63) is 72.3 Å². The summed E-state index contributed by atoms with van der Waals surface area (Å²) in [5.41, 5.74) is 9.02. The zero-order valence-corrected chi connectivity index (χ0v) is 31.4. The molecule has 3 rings (SSSR count). The van der Waals surface area contributed by atoms with Crippen LogP contribution in [0.2, 0.25) is 0 Å². The molecule has 4 heteroatoms. The Morgan fingerprint density at radius 2 is 0.638 bits per heavy atom. The van der Waals surface area contributed by atoms with Gasteiger partial charge in [-0.2, -0.15) is 0 Å². The highest BCUT2D eigenvalue weighted by atomic mass is 15.2. The lowest BCUT2D eigenvalue weighted by atomic mass is 10.1. The van der Waals surface area contributed by atoms with Gasteiger partial charge in [0.15, 0.2) is 0 Å². The molecule has 3 aromatic carbocycles. The Labute approximate surface area is 290 Å². The molecule has 0 atom stereocenters. The van der Waals surface area contributed by atoms with E-state index in [0.29, 0.717) is 0 Å². The molecule has 47 heavy (non-hydrogen) atoms. The number of benzene rings is 3. The predicted octanol–water partition coefficient (Wildman–Crippen LogP) is 12.7. The monoisotopic (exact) mass is 641 g/mol. The summed E-state index contributed by atoms with van der Waals surface area (Å²) in [4.78, 5) is 10.2. The zero-order valence-electron chi connectivity index (χ0n) is 31.4. The van der Waals surface area contributed by atoms with Crippen LogP contribution in [0.3, 0.4) is 0 Å². The quantitative estimate of drug-likeness (QED) is 0.0965. The molecule has 0 heterocycles. The normalized spacial score (nSPS) is 11.1. The highest BCUT2D eigenvalue weighted by Gasteiger charge is 2.18. The molecule has 0 unspecified atom stereocenters. The fourth-order valence-corrected chi connectivity index (χ4v) is 6.34. The molecule has 0 saturated heterocycles. The minimum atomic E-state index is 1.13. The second kappa shape index (κ2) is 21.7. The number of nitrogens with zero attached hydrogens (tertiary/aromatic N) is 4. The van der Waals surface area contributed by atoms with Crippen molar-refractivity contribution in [1.82, 2.24) is 0 Å². The van der Waals surface area contributed by atoms with Gasteiger partial charge in [-0.25, -0.2) is 0 Å². The molecule has 260 valence electrons. The van der Waals surface area contributed by atoms with Gasteiger partial charge in [-0.15, -0.1) is 0 Å². The first-order valence-corrected chi connectivity index (χ1v) is 19.4. The zero-order chi connectivity index (χ0) is 33.9. The molecule has 0 N–H and O–H groups in total. The van der Waals surface area contributed by atoms with Crippen molar-refractivity contribution in [3.8, 4) is 0 Å². The van der Waals surface area contributed by atoms with Gasteiger partial charge >= 0.3 is 0 Å². The van der Waals surface area contributed by atoms with Gasteiger partial charge in [0.2, 0.25) is 0 Å². The first kappa shape index (κ1) is 38.3. The van der Waals surface area contributed by atoms with Crippen LogP contribution in [-0.2, 0) is 0 Å². The molecule has 0 saturated carbocycles. The highest BCUT2D eigenvalue weighted by molar-refractivity contribution is 5.81. The SMILES string of the molecule is CCCCN(CCCC)c1ccc(N(c2ccc(N(CCCC)CCCC)cc2)c2ccc(N(CCCC)CCCC)cc2C)cc1. The van der Waals surface area contributed by atoms with Crippen LogP contribution in [-0.4, -0.2) is 39.3 Å². The standard InChI is InChI=1S/C43H68N4/c1-8-14-30-44(31-15-9-2)38-20-24-40(25-21-38)47(41-26-22-39(23-27-41)45(32-16-10-3)33-17-11-4)43-29-28-42(36-37(43)7)46(34-18-12-5)35-19-13-6/h20-29,36H,8-19,30-35H2,1-7H3. The Morgan fingerprint density at radius 3 is 0.936 bits per heavy atom. The van der Waals surface area contributed by atoms with Gasteiger partial charge in [0, 0.05) is 73.4 Å². The number of aryl methyl sites for hydroxylation is 1. The smallest absolute Gasteiger partial charge is 0.0492 e. The summed E-state index contributed by atoms with van der Waals surface area (Å²) >= 11 is 0. The Morgan fingerprint density at radius 1 is 0.362 bits per heavy atom. The molecule has 0 aliphatic heterocycles. The van der Waals surface area contributed by atoms with Crippen LogP contribution >= 0.6 is 0 Å². The van der Waals surface area contributed by atoms with Gasteiger partial charge in [-0.1, -0.05) is 80.1 Å². The molecule has 0 radical (unpaired) electrons. The van der Waals surface area contributed by atoms with Crippen LogP contribution in [0, 0.1) is 6.92 Å². The maximum Gasteiger partial charge on any atom is 0.0492 e. The van der Waals surface area contributed by atoms with E-state index in [4.69, 9.17) is 0 Å². The molecule has 4 nitrogen and oxygen atoms in total. The Bertz CT molecular complexity index is 1150. The molecule has 0 bridgehead atoms. The van der Waals surface area contributed by atoms with Crippen molar-refractivity contribution >= 4 is 34.1 Å². The van der Waals surface area contributed by atoms with Crippen molar-refractivity contribution in [2.75, 3.05) is 58.9 Å². The molecule has 0 aliphatic carbocycles. The van der Waals surface area contributed by atoms with Crippen LogP contribution in [0.25, 0.3) is 0 Å². The first-order valence-electron chi connectivity index (χ1n) is 19.4. The molecule has 0 aliphatic rings. The largest absolute Gasteiger partial charge is 0.372 e. The topological polar surface area (TPSA) is 13.0 Å². The predicted molar refractivity (Wildman–Crippen MR) is 212 cm³/mol. The molecule has 0 amide bonds. The molecule has 3 aromatic rings. The highest BCUT2D eigenvalue weighted by Crippen LogP contribution is 2.39. The van der Waals surface area contributed by atoms with E-state index in [1.54, 1.807) is 0 Å². The van der Waals surface area contributed by atoms with E-state index in [1.807, 2.05) is 0 Å². The number of hydrogen-bond acceptors (Lipinski definition) is 4. The third-order valence-electron chi connectivity index (χ3n) is 9.42. The number of anilines is 6. The average molecular weight is 641 g/mol. The van der Waals surface area contributed by atoms with Gasteiger partial charge in [0.25, 0.3) is 0 Å². The Hall–Kier alpha value is -3.14. The maximum absolute atomic E-state index is 2.60. The van der Waals surface area contributed by atoms with E-state index in [1.165, 1.54) is 117 Å². The van der Waals surface area contributed by atoms with Crippen molar-refractivity contribution in [2.45, 2.75) is 126 Å². The summed E-state index contributed by atoms with van der Waals surface area (Å²) in [5, 5.41) is 0. The summed E-state index contributed by atoms with van der Waals surface area (Å²) in [6, 6.07) is 25.9. The van der Waals surface area contributed by atoms with Crippen LogP contribution in [0.4, 0.5) is 34.1 Å². The minimum Gasteiger partial charge on any atom is -0.372 e. The van der Waals surface area contributed by atoms with Crippen molar-refractivity contribution in [3.63, 3.8) is 0 Å². The van der Waals surface area contributed by atoms with Gasteiger partial charge in [0.1, 0.15) is 0 Å². The number of unbranched alkanes of at least 4 members (excludes halogenated alkanes) is 6. The van der Waals surface area contributed by atoms with Crippen molar-refractivity contribution < 1.29 is 0 Å². The molecule has 0 spiro atoms. The molecular formula is C43H68N4. The van der Waals surface area contributed by atoms with E-state index < -0.39 is 0 Å². The molecular weight excluding hydrogens is 573 g/mol. The van der Waals surface area contributed by atoms with Crippen molar-refractivity contribution in [1.29, 1.82) is 0 Å². The lowest BCUT2D eigenvalue weighted by molar-refractivity contribution is 0.678. The molecule has 0 fully saturated rings. The first-order chi connectivity index (χ1) is 23.0.